The zero-order valence-corrected chi connectivity index (χ0v) is 13.7. The molecule has 0 bridgehead atoms. The van der Waals surface area contributed by atoms with Gasteiger partial charge in [-0.15, -0.1) is 0 Å². The Morgan fingerprint density at radius 2 is 2.12 bits per heavy atom. The van der Waals surface area contributed by atoms with Crippen LogP contribution in [-0.4, -0.2) is 32.8 Å². The zero-order chi connectivity index (χ0) is 17.1. The van der Waals surface area contributed by atoms with E-state index in [0.29, 0.717) is 36.4 Å². The predicted molar refractivity (Wildman–Crippen MR) is 89.0 cm³/mol. The number of aromatic nitrogens is 2. The maximum atomic E-state index is 12.3. The summed E-state index contributed by atoms with van der Waals surface area (Å²) in [5.41, 5.74) is 1.38. The molecule has 0 aliphatic heterocycles. The fourth-order valence-electron chi connectivity index (χ4n) is 2.97. The van der Waals surface area contributed by atoms with Crippen molar-refractivity contribution in [2.24, 2.45) is 5.92 Å². The maximum Gasteiger partial charge on any atom is 0.306 e. The van der Waals surface area contributed by atoms with Crippen LogP contribution in [0.2, 0.25) is 5.02 Å². The molecule has 0 radical (unpaired) electrons. The topological polar surface area (TPSA) is 84.2 Å². The fourth-order valence-corrected chi connectivity index (χ4v) is 3.17. The van der Waals surface area contributed by atoms with Crippen LogP contribution in [0.15, 0.2) is 36.7 Å². The molecule has 0 saturated heterocycles. The molecule has 1 amide bonds. The summed E-state index contributed by atoms with van der Waals surface area (Å²) >= 11 is 6.13. The molecule has 24 heavy (non-hydrogen) atoms. The number of carbonyl (C=O) groups is 2. The minimum absolute atomic E-state index is 0.0921. The van der Waals surface area contributed by atoms with Crippen molar-refractivity contribution in [2.75, 3.05) is 0 Å². The standard InChI is InChI=1S/C17H18ClN3O3/c18-15-4-2-1-3-12(15)9-21-10-13(8-19-21)16(22)20-14-6-5-11(7-14)17(23)24/h1-4,8,10-11,14H,5-7,9H2,(H,20,22)(H,23,24)/t11-,14+/m0/s1. The van der Waals surface area contributed by atoms with Gasteiger partial charge in [0.2, 0.25) is 0 Å². The van der Waals surface area contributed by atoms with Crippen LogP contribution in [0.5, 0.6) is 0 Å². The highest BCUT2D eigenvalue weighted by molar-refractivity contribution is 6.31. The van der Waals surface area contributed by atoms with Crippen LogP contribution in [0.25, 0.3) is 0 Å². The number of aliphatic carboxylic acids is 1. The SMILES string of the molecule is O=C(N[C@@H]1CC[C@H](C(=O)O)C1)c1cnn(Cc2ccccc2Cl)c1. The zero-order valence-electron chi connectivity index (χ0n) is 13.0. The first-order valence-corrected chi connectivity index (χ1v) is 8.20. The van der Waals surface area contributed by atoms with Gasteiger partial charge in [-0.25, -0.2) is 0 Å². The van der Waals surface area contributed by atoms with E-state index in [1.807, 2.05) is 24.3 Å². The molecule has 2 atom stereocenters. The van der Waals surface area contributed by atoms with Crippen molar-refractivity contribution < 1.29 is 14.7 Å². The highest BCUT2D eigenvalue weighted by Crippen LogP contribution is 2.25. The van der Waals surface area contributed by atoms with E-state index in [0.717, 1.165) is 5.56 Å². The second kappa shape index (κ2) is 7.05. The van der Waals surface area contributed by atoms with Gasteiger partial charge < -0.3 is 10.4 Å². The van der Waals surface area contributed by atoms with Crippen LogP contribution in [0.4, 0.5) is 0 Å². The largest absolute Gasteiger partial charge is 0.481 e. The predicted octanol–water partition coefficient (Wildman–Crippen LogP) is 2.57. The Morgan fingerprint density at radius 3 is 2.83 bits per heavy atom. The summed E-state index contributed by atoms with van der Waals surface area (Å²) in [4.78, 5) is 23.2. The van der Waals surface area contributed by atoms with Crippen molar-refractivity contribution in [1.82, 2.24) is 15.1 Å². The number of carboxylic acid groups (broad SMARTS) is 1. The summed E-state index contributed by atoms with van der Waals surface area (Å²) in [5.74, 6) is -1.38. The second-order valence-corrected chi connectivity index (χ2v) is 6.44. The van der Waals surface area contributed by atoms with E-state index in [4.69, 9.17) is 16.7 Å². The lowest BCUT2D eigenvalue weighted by atomic mass is 10.1. The first-order chi connectivity index (χ1) is 11.5. The lowest BCUT2D eigenvalue weighted by Gasteiger charge is -2.11. The minimum atomic E-state index is -0.792. The first kappa shape index (κ1) is 16.5. The third kappa shape index (κ3) is 3.76. The molecule has 1 heterocycles. The molecule has 1 saturated carbocycles. The number of amides is 1. The van der Waals surface area contributed by atoms with E-state index in [1.54, 1.807) is 10.9 Å². The molecular weight excluding hydrogens is 330 g/mol. The Kier molecular flexibility index (Phi) is 4.85. The van der Waals surface area contributed by atoms with Crippen LogP contribution in [0, 0.1) is 5.92 Å². The average molecular weight is 348 g/mol. The lowest BCUT2D eigenvalue weighted by molar-refractivity contribution is -0.141. The van der Waals surface area contributed by atoms with Crippen molar-refractivity contribution in [3.05, 3.63) is 52.8 Å². The molecule has 1 aromatic carbocycles. The number of nitrogens with zero attached hydrogens (tertiary/aromatic N) is 2. The van der Waals surface area contributed by atoms with Gasteiger partial charge in [-0.05, 0) is 30.9 Å². The number of benzene rings is 1. The molecule has 0 unspecified atom stereocenters. The van der Waals surface area contributed by atoms with Gasteiger partial charge >= 0.3 is 5.97 Å². The van der Waals surface area contributed by atoms with Crippen molar-refractivity contribution in [1.29, 1.82) is 0 Å². The Morgan fingerprint density at radius 1 is 1.33 bits per heavy atom. The van der Waals surface area contributed by atoms with Crippen molar-refractivity contribution in [3.63, 3.8) is 0 Å². The number of rotatable bonds is 5. The third-order valence-corrected chi connectivity index (χ3v) is 4.67. The molecule has 7 heteroatoms. The van der Waals surface area contributed by atoms with Crippen LogP contribution in [-0.2, 0) is 11.3 Å². The minimum Gasteiger partial charge on any atom is -0.481 e. The summed E-state index contributed by atoms with van der Waals surface area (Å²) in [7, 11) is 0. The van der Waals surface area contributed by atoms with Gasteiger partial charge in [-0.3, -0.25) is 14.3 Å². The third-order valence-electron chi connectivity index (χ3n) is 4.30. The van der Waals surface area contributed by atoms with E-state index < -0.39 is 5.97 Å². The number of hydrogen-bond acceptors (Lipinski definition) is 3. The Bertz CT molecular complexity index is 759. The van der Waals surface area contributed by atoms with Crippen molar-refractivity contribution >= 4 is 23.5 Å². The summed E-state index contributed by atoms with van der Waals surface area (Å²) in [6, 6.07) is 7.39. The molecule has 1 fully saturated rings. The Labute approximate surface area is 144 Å². The summed E-state index contributed by atoms with van der Waals surface area (Å²) in [6.45, 7) is 0.484. The van der Waals surface area contributed by atoms with Gasteiger partial charge in [0, 0.05) is 17.3 Å². The fraction of sp³-hybridized carbons (Fsp3) is 0.353. The summed E-state index contributed by atoms with van der Waals surface area (Å²) in [6.07, 6.45) is 4.95. The normalized spacial score (nSPS) is 20.0. The molecule has 6 nitrogen and oxygen atoms in total. The summed E-state index contributed by atoms with van der Waals surface area (Å²) in [5, 5.41) is 16.7. The second-order valence-electron chi connectivity index (χ2n) is 6.04. The Hall–Kier alpha value is -2.34. The molecule has 1 aliphatic carbocycles. The number of carbonyl (C=O) groups excluding carboxylic acids is 1. The van der Waals surface area contributed by atoms with E-state index in [2.05, 4.69) is 10.4 Å². The van der Waals surface area contributed by atoms with Gasteiger partial charge in [0.1, 0.15) is 0 Å². The van der Waals surface area contributed by atoms with E-state index in [9.17, 15) is 9.59 Å². The molecule has 0 spiro atoms. The maximum absolute atomic E-state index is 12.3. The molecule has 3 rings (SSSR count). The molecule has 1 aliphatic rings. The van der Waals surface area contributed by atoms with Crippen molar-refractivity contribution in [3.8, 4) is 0 Å². The molecule has 126 valence electrons. The van der Waals surface area contributed by atoms with Crippen molar-refractivity contribution in [2.45, 2.75) is 31.8 Å². The van der Waals surface area contributed by atoms with Gasteiger partial charge in [0.05, 0.1) is 24.2 Å². The van der Waals surface area contributed by atoms with Gasteiger partial charge in [0.25, 0.3) is 5.91 Å². The molecule has 2 aromatic rings. The number of carboxylic acids is 1. The summed E-state index contributed by atoms with van der Waals surface area (Å²) < 4.78 is 1.66. The quantitative estimate of drug-likeness (QED) is 0.870. The average Bonchev–Trinajstić information content (AvgIpc) is 3.19. The number of hydrogen-bond donors (Lipinski definition) is 2. The van der Waals surface area contributed by atoms with Crippen LogP contribution < -0.4 is 5.32 Å². The monoisotopic (exact) mass is 347 g/mol. The van der Waals surface area contributed by atoms with Crippen LogP contribution in [0.3, 0.4) is 0 Å². The van der Waals surface area contributed by atoms with E-state index in [-0.39, 0.29) is 17.9 Å². The molecule has 1 aromatic heterocycles. The molecular formula is C17H18ClN3O3. The van der Waals surface area contributed by atoms with Crippen LogP contribution in [0.1, 0.15) is 35.2 Å². The van der Waals surface area contributed by atoms with Gasteiger partial charge in [-0.2, -0.15) is 5.10 Å². The van der Waals surface area contributed by atoms with Crippen LogP contribution >= 0.6 is 11.6 Å². The van der Waals surface area contributed by atoms with Gasteiger partial charge in [-0.1, -0.05) is 29.8 Å². The number of nitrogens with one attached hydrogen (secondary N) is 1. The van der Waals surface area contributed by atoms with Gasteiger partial charge in [0.15, 0.2) is 0 Å². The Balaban J connectivity index is 1.60. The smallest absolute Gasteiger partial charge is 0.306 e. The lowest BCUT2D eigenvalue weighted by Crippen LogP contribution is -2.33. The first-order valence-electron chi connectivity index (χ1n) is 7.82. The number of halogens is 1. The highest BCUT2D eigenvalue weighted by Gasteiger charge is 2.30. The van der Waals surface area contributed by atoms with E-state index in [1.165, 1.54) is 6.20 Å². The highest BCUT2D eigenvalue weighted by atomic mass is 35.5. The molecule has 2 N–H and O–H groups in total. The van der Waals surface area contributed by atoms with E-state index >= 15 is 0 Å².